The molecule has 0 saturated heterocycles. The number of nitrogens with two attached hydrogens (primary N) is 2. The van der Waals surface area contributed by atoms with Crippen molar-refractivity contribution < 1.29 is 4.79 Å². The molecule has 0 radical (unpaired) electrons. The van der Waals surface area contributed by atoms with Crippen molar-refractivity contribution in [2.24, 2.45) is 5.73 Å². The van der Waals surface area contributed by atoms with Gasteiger partial charge in [0.25, 0.3) is 0 Å². The summed E-state index contributed by atoms with van der Waals surface area (Å²) >= 11 is 3.39. The number of pyridine rings is 1. The van der Waals surface area contributed by atoms with Crippen LogP contribution in [-0.2, 0) is 17.9 Å². The van der Waals surface area contributed by atoms with Crippen LogP contribution in [0.25, 0.3) is 0 Å². The van der Waals surface area contributed by atoms with E-state index < -0.39 is 0 Å². The minimum atomic E-state index is -0.359. The molecule has 21 heavy (non-hydrogen) atoms. The van der Waals surface area contributed by atoms with Crippen molar-refractivity contribution in [3.8, 4) is 0 Å². The molecule has 110 valence electrons. The zero-order valence-electron chi connectivity index (χ0n) is 11.5. The Morgan fingerprint density at radius 1 is 1.19 bits per heavy atom. The largest absolute Gasteiger partial charge is 0.399 e. The summed E-state index contributed by atoms with van der Waals surface area (Å²) in [6.45, 7) is 1.37. The van der Waals surface area contributed by atoms with Crippen LogP contribution in [0.2, 0.25) is 0 Å². The number of anilines is 1. The molecule has 0 aliphatic heterocycles. The third-order valence-corrected chi connectivity index (χ3v) is 3.34. The Hall–Kier alpha value is -1.92. The topological polar surface area (TPSA) is 85.2 Å². The van der Waals surface area contributed by atoms with Crippen LogP contribution in [-0.4, -0.2) is 22.3 Å². The van der Waals surface area contributed by atoms with E-state index in [4.69, 9.17) is 11.5 Å². The van der Waals surface area contributed by atoms with Crippen LogP contribution < -0.4 is 11.5 Å². The summed E-state index contributed by atoms with van der Waals surface area (Å²) in [5.74, 6) is -0.359. The first kappa shape index (κ1) is 15.5. The van der Waals surface area contributed by atoms with Crippen LogP contribution in [0.4, 0.5) is 5.69 Å². The maximum atomic E-state index is 11.3. The minimum Gasteiger partial charge on any atom is -0.399 e. The number of rotatable bonds is 6. The third-order valence-electron chi connectivity index (χ3n) is 2.90. The first-order chi connectivity index (χ1) is 10.0. The van der Waals surface area contributed by atoms with Crippen LogP contribution >= 0.6 is 15.9 Å². The minimum absolute atomic E-state index is 0.182. The van der Waals surface area contributed by atoms with Crippen LogP contribution in [0.3, 0.4) is 0 Å². The van der Waals surface area contributed by atoms with Gasteiger partial charge in [0.05, 0.1) is 6.54 Å². The van der Waals surface area contributed by atoms with Crippen molar-refractivity contribution in [1.29, 1.82) is 0 Å². The Morgan fingerprint density at radius 2 is 1.95 bits per heavy atom. The molecule has 2 rings (SSSR count). The van der Waals surface area contributed by atoms with Crippen molar-refractivity contribution in [2.75, 3.05) is 12.3 Å². The summed E-state index contributed by atoms with van der Waals surface area (Å²) in [4.78, 5) is 17.3. The molecule has 6 heteroatoms. The average Bonchev–Trinajstić information content (AvgIpc) is 2.37. The maximum Gasteiger partial charge on any atom is 0.231 e. The van der Waals surface area contributed by atoms with E-state index in [1.165, 1.54) is 0 Å². The zero-order chi connectivity index (χ0) is 15.2. The molecule has 1 heterocycles. The van der Waals surface area contributed by atoms with Crippen molar-refractivity contribution >= 4 is 27.5 Å². The highest BCUT2D eigenvalue weighted by Crippen LogP contribution is 2.14. The summed E-state index contributed by atoms with van der Waals surface area (Å²) in [5.41, 5.74) is 13.9. The van der Waals surface area contributed by atoms with E-state index in [2.05, 4.69) is 20.9 Å². The molecule has 1 aromatic carbocycles. The van der Waals surface area contributed by atoms with Crippen molar-refractivity contribution in [2.45, 2.75) is 13.1 Å². The van der Waals surface area contributed by atoms with Crippen molar-refractivity contribution in [3.63, 3.8) is 0 Å². The van der Waals surface area contributed by atoms with E-state index in [1.54, 1.807) is 12.4 Å². The number of hydrogen-bond acceptors (Lipinski definition) is 4. The molecule has 0 unspecified atom stereocenters. The molecule has 0 atom stereocenters. The number of hydrogen-bond donors (Lipinski definition) is 2. The highest BCUT2D eigenvalue weighted by Gasteiger charge is 2.11. The molecule has 1 amide bonds. The second-order valence-corrected chi connectivity index (χ2v) is 5.78. The van der Waals surface area contributed by atoms with Gasteiger partial charge >= 0.3 is 0 Å². The van der Waals surface area contributed by atoms with E-state index in [0.717, 1.165) is 15.6 Å². The number of primary amides is 1. The molecular weight excluding hydrogens is 332 g/mol. The molecular formula is C15H17BrN4O. The lowest BCUT2D eigenvalue weighted by Gasteiger charge is -2.21. The molecule has 0 saturated carbocycles. The summed E-state index contributed by atoms with van der Waals surface area (Å²) in [5, 5.41) is 0. The van der Waals surface area contributed by atoms with E-state index in [-0.39, 0.29) is 12.5 Å². The highest BCUT2D eigenvalue weighted by molar-refractivity contribution is 9.10. The number of amides is 1. The number of nitrogen functional groups attached to an aromatic ring is 1. The van der Waals surface area contributed by atoms with Gasteiger partial charge in [-0.25, -0.2) is 0 Å². The molecule has 0 bridgehead atoms. The predicted molar refractivity (Wildman–Crippen MR) is 86.1 cm³/mol. The number of carbonyl (C=O) groups excluding carboxylic acids is 1. The first-order valence-electron chi connectivity index (χ1n) is 6.47. The Labute approximate surface area is 132 Å². The zero-order valence-corrected chi connectivity index (χ0v) is 13.1. The summed E-state index contributed by atoms with van der Waals surface area (Å²) in [6, 6.07) is 9.57. The molecule has 5 nitrogen and oxygen atoms in total. The molecule has 0 aliphatic rings. The fourth-order valence-corrected chi connectivity index (χ4v) is 2.55. The van der Waals surface area contributed by atoms with Crippen molar-refractivity contribution in [3.05, 3.63) is 58.3 Å². The lowest BCUT2D eigenvalue weighted by Crippen LogP contribution is -2.33. The fourth-order valence-electron chi connectivity index (χ4n) is 2.14. The van der Waals surface area contributed by atoms with Gasteiger partial charge in [-0.05, 0) is 45.3 Å². The van der Waals surface area contributed by atoms with Crippen LogP contribution in [0.15, 0.2) is 47.2 Å². The first-order valence-corrected chi connectivity index (χ1v) is 7.27. The second-order valence-electron chi connectivity index (χ2n) is 4.87. The SMILES string of the molecule is NC(=O)CN(Cc1cccc(N)c1)Cc1cncc(Br)c1. The molecule has 0 spiro atoms. The van der Waals surface area contributed by atoms with Gasteiger partial charge in [-0.1, -0.05) is 12.1 Å². The van der Waals surface area contributed by atoms with Gasteiger partial charge in [-0.3, -0.25) is 14.7 Å². The van der Waals surface area contributed by atoms with Crippen LogP contribution in [0.5, 0.6) is 0 Å². The van der Waals surface area contributed by atoms with E-state index >= 15 is 0 Å². The summed E-state index contributed by atoms with van der Waals surface area (Å²) in [6.07, 6.45) is 3.50. The Kier molecular flexibility index (Phi) is 5.30. The number of nitrogens with zero attached hydrogens (tertiary/aromatic N) is 2. The number of carbonyl (C=O) groups is 1. The number of aromatic nitrogens is 1. The molecule has 4 N–H and O–H groups in total. The van der Waals surface area contributed by atoms with Gasteiger partial charge in [0.15, 0.2) is 0 Å². The molecule has 0 fully saturated rings. The van der Waals surface area contributed by atoms with Gasteiger partial charge in [-0.15, -0.1) is 0 Å². The van der Waals surface area contributed by atoms with Crippen LogP contribution in [0.1, 0.15) is 11.1 Å². The lowest BCUT2D eigenvalue weighted by atomic mass is 10.1. The second kappa shape index (κ2) is 7.19. The van der Waals surface area contributed by atoms with E-state index in [1.807, 2.05) is 35.2 Å². The fraction of sp³-hybridized carbons (Fsp3) is 0.200. The normalized spacial score (nSPS) is 10.8. The third kappa shape index (κ3) is 5.17. The molecule has 1 aromatic heterocycles. The quantitative estimate of drug-likeness (QED) is 0.781. The highest BCUT2D eigenvalue weighted by atomic mass is 79.9. The van der Waals surface area contributed by atoms with Crippen molar-refractivity contribution in [1.82, 2.24) is 9.88 Å². The number of benzene rings is 1. The standard InChI is InChI=1S/C15H17BrN4O/c16-13-4-12(6-19-7-13)9-20(10-15(18)21)8-11-2-1-3-14(17)5-11/h1-7H,8-10,17H2,(H2,18,21). The predicted octanol–water partition coefficient (Wildman–Crippen LogP) is 1.91. The van der Waals surface area contributed by atoms with Gasteiger partial charge in [0, 0.05) is 35.6 Å². The van der Waals surface area contributed by atoms with E-state index in [0.29, 0.717) is 18.8 Å². The van der Waals surface area contributed by atoms with E-state index in [9.17, 15) is 4.79 Å². The van der Waals surface area contributed by atoms with Gasteiger partial charge in [0.1, 0.15) is 0 Å². The Morgan fingerprint density at radius 3 is 2.62 bits per heavy atom. The maximum absolute atomic E-state index is 11.3. The Bertz CT molecular complexity index is 585. The van der Waals surface area contributed by atoms with Gasteiger partial charge in [0.2, 0.25) is 5.91 Å². The van der Waals surface area contributed by atoms with Crippen LogP contribution in [0, 0.1) is 0 Å². The summed E-state index contributed by atoms with van der Waals surface area (Å²) in [7, 11) is 0. The Balaban J connectivity index is 2.12. The molecule has 2 aromatic rings. The number of halogens is 1. The summed E-state index contributed by atoms with van der Waals surface area (Å²) < 4.78 is 0.906. The average molecular weight is 349 g/mol. The smallest absolute Gasteiger partial charge is 0.231 e. The van der Waals surface area contributed by atoms with Gasteiger partial charge in [-0.2, -0.15) is 0 Å². The van der Waals surface area contributed by atoms with Gasteiger partial charge < -0.3 is 11.5 Å². The molecule has 0 aliphatic carbocycles. The lowest BCUT2D eigenvalue weighted by molar-refractivity contribution is -0.119. The monoisotopic (exact) mass is 348 g/mol.